The fourth-order valence-corrected chi connectivity index (χ4v) is 4.88. The first-order chi connectivity index (χ1) is 18.3. The first kappa shape index (κ1) is 25.1. The number of rotatable bonds is 5. The van der Waals surface area contributed by atoms with Crippen LogP contribution in [0.4, 0.5) is 11.4 Å². The summed E-state index contributed by atoms with van der Waals surface area (Å²) >= 11 is 0. The third-order valence-electron chi connectivity index (χ3n) is 7.04. The molecule has 1 atom stereocenters. The number of hydrogen-bond acceptors (Lipinski definition) is 7. The quantitative estimate of drug-likeness (QED) is 0.233. The molecule has 5 rings (SSSR count). The van der Waals surface area contributed by atoms with Crippen molar-refractivity contribution in [2.24, 2.45) is 0 Å². The van der Waals surface area contributed by atoms with Crippen molar-refractivity contribution >= 4 is 34.8 Å². The SMILES string of the molecule is CCc1ccc(C2/C(=C(/O)c3ccc4c(c3)N(C)CCO4)C(=O)C(=O)N2c2ccc(C(=O)OC)cc2)cc1. The zero-order valence-electron chi connectivity index (χ0n) is 21.4. The number of nitrogens with zero attached hydrogens (tertiary/aromatic N) is 2. The summed E-state index contributed by atoms with van der Waals surface area (Å²) in [4.78, 5) is 42.2. The Morgan fingerprint density at radius 2 is 1.71 bits per heavy atom. The van der Waals surface area contributed by atoms with E-state index in [2.05, 4.69) is 0 Å². The molecule has 0 spiro atoms. The minimum absolute atomic E-state index is 0.00405. The Bertz CT molecular complexity index is 1440. The predicted octanol–water partition coefficient (Wildman–Crippen LogP) is 4.49. The molecule has 0 radical (unpaired) electrons. The van der Waals surface area contributed by atoms with Crippen LogP contribution in [-0.4, -0.2) is 50.1 Å². The maximum absolute atomic E-state index is 13.5. The molecule has 194 valence electrons. The van der Waals surface area contributed by atoms with Gasteiger partial charge in [-0.15, -0.1) is 0 Å². The molecule has 3 aromatic rings. The lowest BCUT2D eigenvalue weighted by Crippen LogP contribution is -2.29. The lowest BCUT2D eigenvalue weighted by Gasteiger charge is -2.28. The van der Waals surface area contributed by atoms with Crippen molar-refractivity contribution in [3.8, 4) is 5.75 Å². The summed E-state index contributed by atoms with van der Waals surface area (Å²) in [7, 11) is 3.22. The Labute approximate surface area is 220 Å². The first-order valence-corrected chi connectivity index (χ1v) is 12.4. The molecule has 38 heavy (non-hydrogen) atoms. The van der Waals surface area contributed by atoms with Gasteiger partial charge in [0, 0.05) is 18.3 Å². The highest BCUT2D eigenvalue weighted by molar-refractivity contribution is 6.51. The average Bonchev–Trinajstić information content (AvgIpc) is 3.22. The van der Waals surface area contributed by atoms with Gasteiger partial charge in [0.15, 0.2) is 0 Å². The molecular formula is C30H28N2O6. The number of fused-ring (bicyclic) bond motifs is 1. The minimum atomic E-state index is -0.866. The second-order valence-electron chi connectivity index (χ2n) is 9.26. The van der Waals surface area contributed by atoms with Gasteiger partial charge in [0.05, 0.1) is 36.5 Å². The molecule has 2 aliphatic heterocycles. The van der Waals surface area contributed by atoms with Gasteiger partial charge >= 0.3 is 5.97 Å². The van der Waals surface area contributed by atoms with Crippen molar-refractivity contribution in [3.63, 3.8) is 0 Å². The number of methoxy groups -OCH3 is 1. The van der Waals surface area contributed by atoms with Crippen LogP contribution in [0.1, 0.15) is 40.0 Å². The van der Waals surface area contributed by atoms with Crippen LogP contribution < -0.4 is 14.5 Å². The third kappa shape index (κ3) is 4.28. The molecule has 2 heterocycles. The predicted molar refractivity (Wildman–Crippen MR) is 144 cm³/mol. The Kier molecular flexibility index (Phi) is 6.63. The number of aliphatic hydroxyl groups excluding tert-OH is 1. The van der Waals surface area contributed by atoms with Gasteiger partial charge in [0.25, 0.3) is 11.7 Å². The zero-order valence-corrected chi connectivity index (χ0v) is 21.4. The summed E-state index contributed by atoms with van der Waals surface area (Å²) < 4.78 is 10.5. The molecule has 8 heteroatoms. The van der Waals surface area contributed by atoms with E-state index in [4.69, 9.17) is 9.47 Å². The van der Waals surface area contributed by atoms with Crippen LogP contribution in [0.15, 0.2) is 72.3 Å². The Morgan fingerprint density at radius 3 is 2.37 bits per heavy atom. The number of carbonyl (C=O) groups excluding carboxylic acids is 3. The number of likely N-dealkylation sites (N-methyl/N-ethyl adjacent to an activating group) is 1. The number of hydrogen-bond donors (Lipinski definition) is 1. The van der Waals surface area contributed by atoms with Gasteiger partial charge < -0.3 is 19.5 Å². The molecule has 1 saturated heterocycles. The van der Waals surface area contributed by atoms with Crippen molar-refractivity contribution in [3.05, 3.63) is 94.6 Å². The molecule has 2 aliphatic rings. The Morgan fingerprint density at radius 1 is 1.03 bits per heavy atom. The molecule has 1 N–H and O–H groups in total. The van der Waals surface area contributed by atoms with Crippen LogP contribution in [0.2, 0.25) is 0 Å². The maximum Gasteiger partial charge on any atom is 0.337 e. The largest absolute Gasteiger partial charge is 0.507 e. The number of Topliss-reactive ketones (excluding diaryl/α,β-unsaturated/α-hetero) is 1. The van der Waals surface area contributed by atoms with Crippen LogP contribution in [0, 0.1) is 0 Å². The highest BCUT2D eigenvalue weighted by Crippen LogP contribution is 2.43. The van der Waals surface area contributed by atoms with Crippen LogP contribution in [0.25, 0.3) is 5.76 Å². The molecule has 8 nitrogen and oxygen atoms in total. The van der Waals surface area contributed by atoms with Gasteiger partial charge in [0.2, 0.25) is 0 Å². The lowest BCUT2D eigenvalue weighted by atomic mass is 9.94. The normalized spacial score (nSPS) is 18.2. The van der Waals surface area contributed by atoms with E-state index in [1.54, 1.807) is 30.3 Å². The van der Waals surface area contributed by atoms with Gasteiger partial charge in [-0.1, -0.05) is 31.2 Å². The van der Waals surface area contributed by atoms with Crippen LogP contribution in [-0.2, 0) is 20.7 Å². The molecule has 0 bridgehead atoms. The number of esters is 1. The number of anilines is 2. The van der Waals surface area contributed by atoms with Gasteiger partial charge in [-0.2, -0.15) is 0 Å². The third-order valence-corrected chi connectivity index (χ3v) is 7.04. The van der Waals surface area contributed by atoms with E-state index in [-0.39, 0.29) is 11.3 Å². The van der Waals surface area contributed by atoms with E-state index in [0.29, 0.717) is 41.3 Å². The molecule has 1 unspecified atom stereocenters. The van der Waals surface area contributed by atoms with E-state index in [1.165, 1.54) is 24.1 Å². The summed E-state index contributed by atoms with van der Waals surface area (Å²) in [5.41, 5.74) is 3.71. The first-order valence-electron chi connectivity index (χ1n) is 12.4. The fourth-order valence-electron chi connectivity index (χ4n) is 4.88. The van der Waals surface area contributed by atoms with Crippen molar-refractivity contribution in [2.45, 2.75) is 19.4 Å². The molecular weight excluding hydrogens is 484 g/mol. The number of ether oxygens (including phenoxy) is 2. The average molecular weight is 513 g/mol. The van der Waals surface area contributed by atoms with Crippen LogP contribution >= 0.6 is 0 Å². The van der Waals surface area contributed by atoms with Crippen LogP contribution in [0.5, 0.6) is 5.75 Å². The van der Waals surface area contributed by atoms with E-state index >= 15 is 0 Å². The highest BCUT2D eigenvalue weighted by atomic mass is 16.5. The second-order valence-corrected chi connectivity index (χ2v) is 9.26. The monoisotopic (exact) mass is 512 g/mol. The lowest BCUT2D eigenvalue weighted by molar-refractivity contribution is -0.132. The zero-order chi connectivity index (χ0) is 27.0. The standard InChI is InChI=1S/C30H28N2O6/c1-4-18-5-7-19(8-6-18)26-25(27(33)21-11-14-24-23(17-21)31(2)15-16-38-24)28(34)29(35)32(26)22-12-9-20(10-13-22)30(36)37-3/h5-14,17,26,33H,4,15-16H2,1-3H3/b27-25-. The summed E-state index contributed by atoms with van der Waals surface area (Å²) in [6.45, 7) is 3.29. The van der Waals surface area contributed by atoms with Crippen LogP contribution in [0.3, 0.4) is 0 Å². The van der Waals surface area contributed by atoms with Crippen molar-refractivity contribution in [1.29, 1.82) is 0 Å². The highest BCUT2D eigenvalue weighted by Gasteiger charge is 2.47. The maximum atomic E-state index is 13.5. The van der Waals surface area contributed by atoms with E-state index < -0.39 is 23.7 Å². The summed E-state index contributed by atoms with van der Waals surface area (Å²) in [5.74, 6) is -1.63. The molecule has 1 fully saturated rings. The van der Waals surface area contributed by atoms with E-state index in [0.717, 1.165) is 17.7 Å². The van der Waals surface area contributed by atoms with Gasteiger partial charge in [-0.3, -0.25) is 14.5 Å². The smallest absolute Gasteiger partial charge is 0.337 e. The Balaban J connectivity index is 1.66. The number of aryl methyl sites for hydroxylation is 1. The van der Waals surface area contributed by atoms with Crippen molar-refractivity contribution in [2.75, 3.05) is 37.1 Å². The van der Waals surface area contributed by atoms with Gasteiger partial charge in [0.1, 0.15) is 18.1 Å². The number of aliphatic hydroxyl groups is 1. The van der Waals surface area contributed by atoms with Crippen molar-refractivity contribution < 1.29 is 29.0 Å². The van der Waals surface area contributed by atoms with E-state index in [9.17, 15) is 19.5 Å². The topological polar surface area (TPSA) is 96.4 Å². The van der Waals surface area contributed by atoms with Gasteiger partial charge in [-0.05, 0) is 60.0 Å². The van der Waals surface area contributed by atoms with E-state index in [1.807, 2.05) is 43.1 Å². The fraction of sp³-hybridized carbons (Fsp3) is 0.233. The van der Waals surface area contributed by atoms with Crippen molar-refractivity contribution in [1.82, 2.24) is 0 Å². The summed E-state index contributed by atoms with van der Waals surface area (Å²) in [6.07, 6.45) is 0.834. The Hall–Kier alpha value is -4.59. The summed E-state index contributed by atoms with van der Waals surface area (Å²) in [6, 6.07) is 18.2. The molecule has 0 saturated carbocycles. The minimum Gasteiger partial charge on any atom is -0.507 e. The number of amides is 1. The number of benzene rings is 3. The summed E-state index contributed by atoms with van der Waals surface area (Å²) in [5, 5.41) is 11.5. The molecule has 3 aromatic carbocycles. The van der Waals surface area contributed by atoms with Gasteiger partial charge in [-0.25, -0.2) is 4.79 Å². The number of carbonyl (C=O) groups is 3. The molecule has 1 amide bonds. The molecule has 0 aromatic heterocycles. The second kappa shape index (κ2) is 10.0. The number of ketones is 1. The molecule has 0 aliphatic carbocycles.